The highest BCUT2D eigenvalue weighted by Crippen LogP contribution is 2.10. The topological polar surface area (TPSA) is 82.2 Å². The van der Waals surface area contributed by atoms with Crippen molar-refractivity contribution in [2.75, 3.05) is 11.9 Å². The van der Waals surface area contributed by atoms with Gasteiger partial charge in [0.2, 0.25) is 0 Å². The van der Waals surface area contributed by atoms with Crippen LogP contribution in [0.25, 0.3) is 0 Å². The fraction of sp³-hybridized carbons (Fsp3) is 0.188. The lowest BCUT2D eigenvalue weighted by atomic mass is 10.3. The molecule has 1 heterocycles. The van der Waals surface area contributed by atoms with Crippen molar-refractivity contribution in [3.8, 4) is 6.07 Å². The molecule has 0 bridgehead atoms. The highest BCUT2D eigenvalue weighted by molar-refractivity contribution is 5.85. The minimum absolute atomic E-state index is 0.137. The van der Waals surface area contributed by atoms with E-state index in [0.29, 0.717) is 5.69 Å². The molecule has 22 heavy (non-hydrogen) atoms. The van der Waals surface area contributed by atoms with Crippen molar-refractivity contribution in [2.24, 2.45) is 12.1 Å². The standard InChI is InChI=1S/C16H17N5O/c1-12-13(8-15(9-17)21(12)2)10-19-20-16(22)11-18-14-6-4-3-5-7-14/h3-8,10,18H,11H2,1-2H3,(H,20,22)/b19-10-. The summed E-state index contributed by atoms with van der Waals surface area (Å²) in [6, 6.07) is 13.3. The summed E-state index contributed by atoms with van der Waals surface area (Å²) >= 11 is 0. The molecule has 0 unspecified atom stereocenters. The zero-order valence-electron chi connectivity index (χ0n) is 12.5. The average Bonchev–Trinajstić information content (AvgIpc) is 2.82. The van der Waals surface area contributed by atoms with Crippen molar-refractivity contribution < 1.29 is 4.79 Å². The fourth-order valence-corrected chi connectivity index (χ4v) is 1.91. The quantitative estimate of drug-likeness (QED) is 0.651. The van der Waals surface area contributed by atoms with E-state index in [2.05, 4.69) is 21.9 Å². The normalized spacial score (nSPS) is 10.4. The van der Waals surface area contributed by atoms with Crippen molar-refractivity contribution in [2.45, 2.75) is 6.92 Å². The number of carbonyl (C=O) groups excluding carboxylic acids is 1. The Bertz CT molecular complexity index is 725. The molecule has 0 radical (unpaired) electrons. The van der Waals surface area contributed by atoms with E-state index in [1.54, 1.807) is 10.6 Å². The van der Waals surface area contributed by atoms with E-state index in [9.17, 15) is 4.79 Å². The Balaban J connectivity index is 1.87. The van der Waals surface area contributed by atoms with Crippen LogP contribution in [0.2, 0.25) is 0 Å². The van der Waals surface area contributed by atoms with Gasteiger partial charge in [-0.2, -0.15) is 10.4 Å². The number of anilines is 1. The van der Waals surface area contributed by atoms with Gasteiger partial charge in [-0.15, -0.1) is 0 Å². The number of nitrogens with one attached hydrogen (secondary N) is 2. The molecule has 2 rings (SSSR count). The molecule has 6 nitrogen and oxygen atoms in total. The fourth-order valence-electron chi connectivity index (χ4n) is 1.91. The Morgan fingerprint density at radius 3 is 2.77 bits per heavy atom. The summed E-state index contributed by atoms with van der Waals surface area (Å²) in [4.78, 5) is 11.7. The molecule has 0 atom stereocenters. The lowest BCUT2D eigenvalue weighted by Crippen LogP contribution is -2.25. The van der Waals surface area contributed by atoms with Gasteiger partial charge in [0.15, 0.2) is 0 Å². The molecule has 2 aromatic rings. The van der Waals surface area contributed by atoms with Crippen LogP contribution in [0.1, 0.15) is 17.0 Å². The van der Waals surface area contributed by atoms with Gasteiger partial charge in [0.1, 0.15) is 11.8 Å². The van der Waals surface area contributed by atoms with E-state index in [0.717, 1.165) is 16.9 Å². The summed E-state index contributed by atoms with van der Waals surface area (Å²) in [6.45, 7) is 2.03. The van der Waals surface area contributed by atoms with E-state index in [1.807, 2.05) is 44.3 Å². The monoisotopic (exact) mass is 295 g/mol. The molecule has 2 N–H and O–H groups in total. The number of nitriles is 1. The highest BCUT2D eigenvalue weighted by atomic mass is 16.2. The number of carbonyl (C=O) groups is 1. The number of amides is 1. The first kappa shape index (κ1) is 15.3. The van der Waals surface area contributed by atoms with Crippen molar-refractivity contribution in [3.63, 3.8) is 0 Å². The molecule has 0 aliphatic rings. The SMILES string of the molecule is Cc1c(/C=N\NC(=O)CNc2ccccc2)cc(C#N)n1C. The smallest absolute Gasteiger partial charge is 0.259 e. The van der Waals surface area contributed by atoms with Crippen LogP contribution in [-0.4, -0.2) is 23.2 Å². The number of aromatic nitrogens is 1. The Labute approximate surface area is 129 Å². The number of hydrogen-bond acceptors (Lipinski definition) is 4. The molecule has 0 aliphatic heterocycles. The van der Waals surface area contributed by atoms with E-state index < -0.39 is 0 Å². The second kappa shape index (κ2) is 7.09. The number of rotatable bonds is 5. The number of hydrogen-bond donors (Lipinski definition) is 2. The zero-order valence-corrected chi connectivity index (χ0v) is 12.5. The number of para-hydroxylation sites is 1. The molecular formula is C16H17N5O. The predicted octanol–water partition coefficient (Wildman–Crippen LogP) is 1.77. The molecule has 112 valence electrons. The predicted molar refractivity (Wildman–Crippen MR) is 85.5 cm³/mol. The lowest BCUT2D eigenvalue weighted by molar-refractivity contribution is -0.119. The summed E-state index contributed by atoms with van der Waals surface area (Å²) in [6.07, 6.45) is 1.54. The molecule has 1 amide bonds. The summed E-state index contributed by atoms with van der Waals surface area (Å²) in [5.41, 5.74) is 5.59. The van der Waals surface area contributed by atoms with Gasteiger partial charge >= 0.3 is 0 Å². The van der Waals surface area contributed by atoms with Gasteiger partial charge in [-0.1, -0.05) is 18.2 Å². The van der Waals surface area contributed by atoms with Crippen LogP contribution >= 0.6 is 0 Å². The molecular weight excluding hydrogens is 278 g/mol. The van der Waals surface area contributed by atoms with Crippen molar-refractivity contribution in [1.29, 1.82) is 5.26 Å². The number of benzene rings is 1. The van der Waals surface area contributed by atoms with Crippen LogP contribution in [0.4, 0.5) is 5.69 Å². The molecule has 6 heteroatoms. The van der Waals surface area contributed by atoms with Gasteiger partial charge in [0.25, 0.3) is 5.91 Å². The maximum absolute atomic E-state index is 11.7. The molecule has 1 aromatic carbocycles. The second-order valence-electron chi connectivity index (χ2n) is 4.75. The van der Waals surface area contributed by atoms with Gasteiger partial charge in [-0.25, -0.2) is 5.43 Å². The molecule has 0 fully saturated rings. The first-order valence-corrected chi connectivity index (χ1v) is 6.79. The number of nitrogens with zero attached hydrogens (tertiary/aromatic N) is 3. The highest BCUT2D eigenvalue weighted by Gasteiger charge is 2.06. The summed E-state index contributed by atoms with van der Waals surface area (Å²) < 4.78 is 1.78. The minimum Gasteiger partial charge on any atom is -0.376 e. The van der Waals surface area contributed by atoms with Gasteiger partial charge in [0, 0.05) is 24.0 Å². The Hall–Kier alpha value is -3.07. The first-order chi connectivity index (χ1) is 10.6. The van der Waals surface area contributed by atoms with Crippen LogP contribution < -0.4 is 10.7 Å². The van der Waals surface area contributed by atoms with Gasteiger partial charge in [-0.3, -0.25) is 4.79 Å². The third-order valence-corrected chi connectivity index (χ3v) is 3.31. The summed E-state index contributed by atoms with van der Waals surface area (Å²) in [5, 5.41) is 15.9. The van der Waals surface area contributed by atoms with Crippen LogP contribution in [0.5, 0.6) is 0 Å². The van der Waals surface area contributed by atoms with Crippen LogP contribution in [0.3, 0.4) is 0 Å². The molecule has 0 saturated carbocycles. The first-order valence-electron chi connectivity index (χ1n) is 6.79. The Kier molecular flexibility index (Phi) is 4.94. The van der Waals surface area contributed by atoms with E-state index in [4.69, 9.17) is 5.26 Å². The number of hydrazone groups is 1. The molecule has 0 aliphatic carbocycles. The lowest BCUT2D eigenvalue weighted by Gasteiger charge is -2.04. The van der Waals surface area contributed by atoms with Crippen molar-refractivity contribution >= 4 is 17.8 Å². The van der Waals surface area contributed by atoms with E-state index in [-0.39, 0.29) is 12.5 Å². The average molecular weight is 295 g/mol. The molecule has 1 aromatic heterocycles. The zero-order chi connectivity index (χ0) is 15.9. The van der Waals surface area contributed by atoms with E-state index >= 15 is 0 Å². The van der Waals surface area contributed by atoms with E-state index in [1.165, 1.54) is 6.21 Å². The van der Waals surface area contributed by atoms with Gasteiger partial charge in [-0.05, 0) is 25.1 Å². The maximum Gasteiger partial charge on any atom is 0.259 e. The largest absolute Gasteiger partial charge is 0.376 e. The summed E-state index contributed by atoms with van der Waals surface area (Å²) in [5.74, 6) is -0.241. The third-order valence-electron chi connectivity index (χ3n) is 3.31. The van der Waals surface area contributed by atoms with Crippen molar-refractivity contribution in [1.82, 2.24) is 9.99 Å². The Morgan fingerprint density at radius 2 is 2.14 bits per heavy atom. The maximum atomic E-state index is 11.7. The Morgan fingerprint density at radius 1 is 1.41 bits per heavy atom. The van der Waals surface area contributed by atoms with Crippen LogP contribution in [0.15, 0.2) is 41.5 Å². The second-order valence-corrected chi connectivity index (χ2v) is 4.75. The van der Waals surface area contributed by atoms with Gasteiger partial charge in [0.05, 0.1) is 12.8 Å². The minimum atomic E-state index is -0.241. The van der Waals surface area contributed by atoms with Crippen molar-refractivity contribution in [3.05, 3.63) is 53.3 Å². The van der Waals surface area contributed by atoms with Gasteiger partial charge < -0.3 is 9.88 Å². The molecule has 0 spiro atoms. The summed E-state index contributed by atoms with van der Waals surface area (Å²) in [7, 11) is 1.81. The van der Waals surface area contributed by atoms with Crippen LogP contribution in [-0.2, 0) is 11.8 Å². The van der Waals surface area contributed by atoms with Crippen LogP contribution in [0, 0.1) is 18.3 Å². The third kappa shape index (κ3) is 3.73. The molecule has 0 saturated heterocycles.